The van der Waals surface area contributed by atoms with E-state index < -0.39 is 23.6 Å². The van der Waals surface area contributed by atoms with Crippen LogP contribution >= 0.6 is 0 Å². The first-order valence-electron chi connectivity index (χ1n) is 17.2. The van der Waals surface area contributed by atoms with Gasteiger partial charge in [0.1, 0.15) is 0 Å². The molecular weight excluding hydrogens is 670 g/mol. The zero-order valence-electron chi connectivity index (χ0n) is 28.4. The van der Waals surface area contributed by atoms with Gasteiger partial charge in [-0.15, -0.1) is 0 Å². The van der Waals surface area contributed by atoms with Crippen LogP contribution in [-0.2, 0) is 6.18 Å². The van der Waals surface area contributed by atoms with E-state index in [1.54, 1.807) is 43.3 Å². The van der Waals surface area contributed by atoms with Gasteiger partial charge >= 0.3 is 6.18 Å². The zero-order valence-corrected chi connectivity index (χ0v) is 28.4. The van der Waals surface area contributed by atoms with E-state index in [0.29, 0.717) is 28.0 Å². The smallest absolute Gasteiger partial charge is 0.308 e. The second kappa shape index (κ2) is 12.2. The number of fused-ring (bicyclic) bond motifs is 4. The van der Waals surface area contributed by atoms with Crippen LogP contribution < -0.4 is 4.90 Å². The number of imide groups is 1. The van der Waals surface area contributed by atoms with Crippen molar-refractivity contribution in [3.8, 4) is 39.1 Å². The number of hydrogen-bond acceptors (Lipinski definition) is 2. The Labute approximate surface area is 303 Å². The number of nitrogens with zero attached hydrogens (tertiary/aromatic N) is 2. The maximum atomic E-state index is 14.7. The molecule has 0 spiro atoms. The molecule has 0 radical (unpaired) electrons. The number of hydrogen-bond donors (Lipinski definition) is 0. The summed E-state index contributed by atoms with van der Waals surface area (Å²) in [7, 11) is 0. The van der Waals surface area contributed by atoms with Crippen molar-refractivity contribution in [3.63, 3.8) is 0 Å². The Kier molecular flexibility index (Phi) is 7.41. The van der Waals surface area contributed by atoms with Crippen molar-refractivity contribution in [3.05, 3.63) is 180 Å². The summed E-state index contributed by atoms with van der Waals surface area (Å²) in [5.74, 6) is -0.888. The first-order valence-corrected chi connectivity index (χ1v) is 17.2. The molecule has 7 aromatic carbocycles. The van der Waals surface area contributed by atoms with Crippen LogP contribution in [0.1, 0.15) is 31.8 Å². The molecule has 0 bridgehead atoms. The lowest BCUT2D eigenvalue weighted by atomic mass is 9.96. The number of carbonyl (C=O) groups excluding carboxylic acids is 2. The first kappa shape index (κ1) is 32.2. The number of amides is 2. The molecular formula is C46H29F3N2O2. The quantitative estimate of drug-likeness (QED) is 0.168. The molecule has 8 aromatic rings. The monoisotopic (exact) mass is 698 g/mol. The molecule has 2 amide bonds. The highest BCUT2D eigenvalue weighted by Gasteiger charge is 2.40. The number of anilines is 1. The minimum Gasteiger partial charge on any atom is -0.308 e. The predicted molar refractivity (Wildman–Crippen MR) is 204 cm³/mol. The van der Waals surface area contributed by atoms with E-state index >= 15 is 0 Å². The number of carbonyl (C=O) groups is 2. The Morgan fingerprint density at radius 1 is 0.472 bits per heavy atom. The second-order valence-electron chi connectivity index (χ2n) is 13.2. The van der Waals surface area contributed by atoms with E-state index in [1.165, 1.54) is 17.0 Å². The summed E-state index contributed by atoms with van der Waals surface area (Å²) < 4.78 is 44.6. The molecule has 9 rings (SSSR count). The van der Waals surface area contributed by atoms with Gasteiger partial charge in [0.2, 0.25) is 0 Å². The Morgan fingerprint density at radius 2 is 1.15 bits per heavy atom. The summed E-state index contributed by atoms with van der Waals surface area (Å²) in [5.41, 5.74) is 6.85. The average Bonchev–Trinajstić information content (AvgIpc) is 3.65. The van der Waals surface area contributed by atoms with Gasteiger partial charge < -0.3 is 4.57 Å². The number of aromatic nitrogens is 1. The molecule has 7 heteroatoms. The van der Waals surface area contributed by atoms with Crippen LogP contribution in [0.2, 0.25) is 0 Å². The molecule has 0 unspecified atom stereocenters. The van der Waals surface area contributed by atoms with Crippen molar-refractivity contribution in [2.24, 2.45) is 0 Å². The highest BCUT2D eigenvalue weighted by molar-refractivity contribution is 6.36. The molecule has 0 aliphatic carbocycles. The van der Waals surface area contributed by atoms with Crippen molar-refractivity contribution < 1.29 is 22.8 Å². The van der Waals surface area contributed by atoms with E-state index in [4.69, 9.17) is 0 Å². The summed E-state index contributed by atoms with van der Waals surface area (Å²) >= 11 is 0. The van der Waals surface area contributed by atoms with Crippen LogP contribution in [0.3, 0.4) is 0 Å². The fourth-order valence-electron chi connectivity index (χ4n) is 7.61. The van der Waals surface area contributed by atoms with Gasteiger partial charge in [0.15, 0.2) is 0 Å². The summed E-state index contributed by atoms with van der Waals surface area (Å²) in [6, 6.07) is 47.8. The SMILES string of the molecule is Cc1ccc(-c2ccc3c(c2)c2ccccc2n3-c2cccc3c2C(=O)N(c2ccc(-c4ccccc4)cc2-c2ccccc2)C3=O)c(C(F)(F)F)c1. The Bertz CT molecular complexity index is 2770. The predicted octanol–water partition coefficient (Wildman–Crippen LogP) is 11.9. The van der Waals surface area contributed by atoms with Crippen LogP contribution in [0, 0.1) is 6.92 Å². The van der Waals surface area contributed by atoms with Gasteiger partial charge in [0, 0.05) is 16.3 Å². The van der Waals surface area contributed by atoms with Gasteiger partial charge in [-0.05, 0) is 83.3 Å². The summed E-state index contributed by atoms with van der Waals surface area (Å²) in [6.45, 7) is 1.64. The van der Waals surface area contributed by atoms with Crippen LogP contribution in [0.25, 0.3) is 60.9 Å². The Hall–Kier alpha value is -6.73. The third-order valence-corrected chi connectivity index (χ3v) is 10.0. The van der Waals surface area contributed by atoms with Crippen molar-refractivity contribution in [2.45, 2.75) is 13.1 Å². The summed E-state index contributed by atoms with van der Waals surface area (Å²) in [4.78, 5) is 30.3. The molecule has 4 nitrogen and oxygen atoms in total. The topological polar surface area (TPSA) is 42.3 Å². The van der Waals surface area contributed by atoms with E-state index in [1.807, 2.05) is 114 Å². The number of aryl methyl sites for hydroxylation is 1. The number of halogens is 3. The maximum absolute atomic E-state index is 14.7. The van der Waals surface area contributed by atoms with Gasteiger partial charge in [-0.2, -0.15) is 13.2 Å². The lowest BCUT2D eigenvalue weighted by Crippen LogP contribution is -2.30. The summed E-state index contributed by atoms with van der Waals surface area (Å²) in [6.07, 6.45) is -4.53. The molecule has 0 atom stereocenters. The molecule has 0 saturated carbocycles. The van der Waals surface area contributed by atoms with E-state index in [9.17, 15) is 22.8 Å². The van der Waals surface area contributed by atoms with Gasteiger partial charge in [-0.1, -0.05) is 115 Å². The molecule has 53 heavy (non-hydrogen) atoms. The van der Waals surface area contributed by atoms with E-state index in [0.717, 1.165) is 38.5 Å². The lowest BCUT2D eigenvalue weighted by molar-refractivity contribution is -0.137. The van der Waals surface area contributed by atoms with Crippen molar-refractivity contribution in [2.75, 3.05) is 4.90 Å². The fourth-order valence-corrected chi connectivity index (χ4v) is 7.61. The van der Waals surface area contributed by atoms with Crippen molar-refractivity contribution in [1.82, 2.24) is 4.57 Å². The zero-order chi connectivity index (χ0) is 36.4. The third kappa shape index (κ3) is 5.23. The molecule has 0 saturated heterocycles. The standard InChI is InChI=1S/C46H29F3N2O2/c1-28-19-22-33(38(25-28)46(47,48)49)32-21-24-41-37(27-32)34-15-8-9-17-39(34)50(41)42-18-10-16-35-43(42)45(53)51(44(35)52)40-23-20-31(29-11-4-2-5-12-29)26-36(40)30-13-6-3-7-14-30/h2-27H,1H3. The highest BCUT2D eigenvalue weighted by Crippen LogP contribution is 2.43. The number of rotatable bonds is 5. The molecule has 256 valence electrons. The molecule has 0 N–H and O–H groups in total. The largest absolute Gasteiger partial charge is 0.417 e. The molecule has 1 aliphatic rings. The van der Waals surface area contributed by atoms with Gasteiger partial charge in [0.05, 0.1) is 39.1 Å². The Morgan fingerprint density at radius 3 is 1.91 bits per heavy atom. The lowest BCUT2D eigenvalue weighted by Gasteiger charge is -2.20. The van der Waals surface area contributed by atoms with Crippen LogP contribution in [-0.4, -0.2) is 16.4 Å². The molecule has 2 heterocycles. The molecule has 1 aliphatic heterocycles. The van der Waals surface area contributed by atoms with Crippen LogP contribution in [0.5, 0.6) is 0 Å². The molecule has 0 fully saturated rings. The highest BCUT2D eigenvalue weighted by atomic mass is 19.4. The van der Waals surface area contributed by atoms with Crippen molar-refractivity contribution in [1.29, 1.82) is 0 Å². The minimum absolute atomic E-state index is 0.0892. The Balaban J connectivity index is 1.21. The maximum Gasteiger partial charge on any atom is 0.417 e. The second-order valence-corrected chi connectivity index (χ2v) is 13.2. The average molecular weight is 699 g/mol. The fraction of sp³-hybridized carbons (Fsp3) is 0.0435. The number of alkyl halides is 3. The molecule has 1 aromatic heterocycles. The van der Waals surface area contributed by atoms with Gasteiger partial charge in [-0.25, -0.2) is 4.90 Å². The van der Waals surface area contributed by atoms with Crippen LogP contribution in [0.15, 0.2) is 158 Å². The minimum atomic E-state index is -4.53. The first-order chi connectivity index (χ1) is 25.7. The van der Waals surface area contributed by atoms with Crippen molar-refractivity contribution >= 4 is 39.3 Å². The van der Waals surface area contributed by atoms with E-state index in [2.05, 4.69) is 0 Å². The van der Waals surface area contributed by atoms with Gasteiger partial charge in [0.25, 0.3) is 11.8 Å². The number of benzene rings is 7. The normalized spacial score (nSPS) is 12.9. The van der Waals surface area contributed by atoms with Gasteiger partial charge in [-0.3, -0.25) is 9.59 Å². The van der Waals surface area contributed by atoms with E-state index in [-0.39, 0.29) is 16.7 Å². The third-order valence-electron chi connectivity index (χ3n) is 10.0. The number of para-hydroxylation sites is 1. The summed E-state index contributed by atoms with van der Waals surface area (Å²) in [5, 5.41) is 1.53. The van der Waals surface area contributed by atoms with Crippen LogP contribution in [0.4, 0.5) is 18.9 Å².